The van der Waals surface area contributed by atoms with Crippen LogP contribution < -0.4 is 10.6 Å². The maximum Gasteiger partial charge on any atom is 0.191 e. The molecule has 0 amide bonds. The molecule has 1 atom stereocenters. The highest BCUT2D eigenvalue weighted by molar-refractivity contribution is 5.79. The first-order valence-corrected chi connectivity index (χ1v) is 10.7. The van der Waals surface area contributed by atoms with E-state index in [2.05, 4.69) is 44.8 Å². The molecule has 0 saturated carbocycles. The van der Waals surface area contributed by atoms with Crippen molar-refractivity contribution in [1.82, 2.24) is 15.5 Å². The van der Waals surface area contributed by atoms with Gasteiger partial charge in [-0.15, -0.1) is 0 Å². The Morgan fingerprint density at radius 2 is 1.83 bits per heavy atom. The molecule has 6 heteroatoms. The Morgan fingerprint density at radius 3 is 2.48 bits per heavy atom. The van der Waals surface area contributed by atoms with Crippen LogP contribution >= 0.6 is 0 Å². The van der Waals surface area contributed by atoms with Crippen LogP contribution in [0.4, 0.5) is 0 Å². The summed E-state index contributed by atoms with van der Waals surface area (Å²) in [6.07, 6.45) is 5.57. The molecule has 1 aromatic carbocycles. The third kappa shape index (κ3) is 6.61. The molecule has 1 saturated heterocycles. The fourth-order valence-electron chi connectivity index (χ4n) is 3.57. The third-order valence-electron chi connectivity index (χ3n) is 5.29. The molecule has 1 fully saturated rings. The Balaban J connectivity index is 1.53. The zero-order chi connectivity index (χ0) is 20.5. The van der Waals surface area contributed by atoms with Crippen LogP contribution in [0.3, 0.4) is 0 Å². The van der Waals surface area contributed by atoms with Crippen molar-refractivity contribution >= 4 is 5.96 Å². The fraction of sp³-hybridized carbons (Fsp3) is 0.522. The molecule has 2 aromatic rings. The number of likely N-dealkylation sites (tertiary alicyclic amines) is 1. The summed E-state index contributed by atoms with van der Waals surface area (Å²) < 4.78 is 5.33. The number of aliphatic hydroxyl groups is 1. The van der Waals surface area contributed by atoms with Crippen LogP contribution in [-0.4, -0.2) is 42.1 Å². The number of nitrogens with zero attached hydrogens (tertiary/aromatic N) is 2. The number of nitrogens with one attached hydrogen (secondary N) is 2. The zero-order valence-electron chi connectivity index (χ0n) is 17.7. The highest BCUT2D eigenvalue weighted by Gasteiger charge is 2.26. The smallest absolute Gasteiger partial charge is 0.191 e. The lowest BCUT2D eigenvalue weighted by Crippen LogP contribution is -2.44. The van der Waals surface area contributed by atoms with Crippen LogP contribution in [0.2, 0.25) is 0 Å². The van der Waals surface area contributed by atoms with Gasteiger partial charge in [-0.3, -0.25) is 4.90 Å². The minimum atomic E-state index is -1.10. The van der Waals surface area contributed by atoms with Gasteiger partial charge in [-0.25, -0.2) is 4.99 Å². The second-order valence-electron chi connectivity index (χ2n) is 7.95. The Labute approximate surface area is 174 Å². The molecule has 1 unspecified atom stereocenters. The van der Waals surface area contributed by atoms with Gasteiger partial charge < -0.3 is 20.2 Å². The average Bonchev–Trinajstić information content (AvgIpc) is 3.28. The van der Waals surface area contributed by atoms with Crippen LogP contribution in [0.25, 0.3) is 0 Å². The fourth-order valence-corrected chi connectivity index (χ4v) is 3.57. The van der Waals surface area contributed by atoms with Crippen LogP contribution in [0, 0.1) is 0 Å². The summed E-state index contributed by atoms with van der Waals surface area (Å²) in [5.74, 6) is 1.21. The molecule has 0 bridgehead atoms. The maximum absolute atomic E-state index is 10.6. The van der Waals surface area contributed by atoms with Crippen LogP contribution in [0.5, 0.6) is 0 Å². The SMILES string of the molecule is CCNC(=NCc1ccc(CN2CCCCC2)cc1)NCC(C)(O)c1ccco1. The van der Waals surface area contributed by atoms with E-state index in [4.69, 9.17) is 4.42 Å². The standard InChI is InChI=1S/C23H34N4O2/c1-3-24-22(26-18-23(2,28)21-8-7-15-29-21)25-16-19-9-11-20(12-10-19)17-27-13-5-4-6-14-27/h7-12,15,28H,3-6,13-14,16-18H2,1-2H3,(H2,24,25,26). The van der Waals surface area contributed by atoms with Crippen molar-refractivity contribution in [3.8, 4) is 0 Å². The van der Waals surface area contributed by atoms with Crippen LogP contribution in [-0.2, 0) is 18.7 Å². The van der Waals surface area contributed by atoms with Gasteiger partial charge in [0, 0.05) is 13.1 Å². The topological polar surface area (TPSA) is 73.0 Å². The lowest BCUT2D eigenvalue weighted by Gasteiger charge is -2.26. The number of aliphatic imine (C=N–C) groups is 1. The van der Waals surface area contributed by atoms with Gasteiger partial charge in [0.15, 0.2) is 5.96 Å². The minimum absolute atomic E-state index is 0.307. The van der Waals surface area contributed by atoms with Gasteiger partial charge in [0.1, 0.15) is 11.4 Å². The van der Waals surface area contributed by atoms with Crippen molar-refractivity contribution in [2.24, 2.45) is 4.99 Å². The van der Waals surface area contributed by atoms with Gasteiger partial charge in [0.25, 0.3) is 0 Å². The molecular formula is C23H34N4O2. The molecule has 1 aliphatic heterocycles. The summed E-state index contributed by atoms with van der Waals surface area (Å²) >= 11 is 0. The predicted octanol–water partition coefficient (Wildman–Crippen LogP) is 3.23. The quantitative estimate of drug-likeness (QED) is 0.470. The van der Waals surface area contributed by atoms with E-state index in [9.17, 15) is 5.11 Å². The van der Waals surface area contributed by atoms with Crippen molar-refractivity contribution in [3.05, 3.63) is 59.5 Å². The summed E-state index contributed by atoms with van der Waals surface area (Å²) in [7, 11) is 0. The molecule has 3 N–H and O–H groups in total. The number of piperidine rings is 1. The van der Waals surface area contributed by atoms with E-state index in [0.717, 1.165) is 13.1 Å². The van der Waals surface area contributed by atoms with E-state index in [0.29, 0.717) is 24.8 Å². The first kappa shape index (κ1) is 21.4. The van der Waals surface area contributed by atoms with Gasteiger partial charge in [-0.2, -0.15) is 0 Å². The van der Waals surface area contributed by atoms with E-state index in [1.807, 2.05) is 6.92 Å². The molecule has 0 aliphatic carbocycles. The highest BCUT2D eigenvalue weighted by atomic mass is 16.4. The Kier molecular flexibility index (Phi) is 7.72. The molecule has 0 spiro atoms. The first-order valence-electron chi connectivity index (χ1n) is 10.7. The lowest BCUT2D eigenvalue weighted by atomic mass is 10.0. The van der Waals surface area contributed by atoms with Crippen molar-refractivity contribution in [2.45, 2.75) is 51.8 Å². The Morgan fingerprint density at radius 1 is 1.10 bits per heavy atom. The van der Waals surface area contributed by atoms with E-state index < -0.39 is 5.60 Å². The highest BCUT2D eigenvalue weighted by Crippen LogP contribution is 2.19. The molecule has 3 rings (SSSR count). The van der Waals surface area contributed by atoms with Crippen molar-refractivity contribution in [1.29, 1.82) is 0 Å². The summed E-state index contributed by atoms with van der Waals surface area (Å²) in [5.41, 5.74) is 1.43. The second kappa shape index (κ2) is 10.5. The van der Waals surface area contributed by atoms with Crippen LogP contribution in [0.1, 0.15) is 50.0 Å². The van der Waals surface area contributed by atoms with Gasteiger partial charge in [0.05, 0.1) is 19.4 Å². The van der Waals surface area contributed by atoms with E-state index in [1.165, 1.54) is 43.5 Å². The molecule has 29 heavy (non-hydrogen) atoms. The predicted molar refractivity (Wildman–Crippen MR) is 117 cm³/mol. The van der Waals surface area contributed by atoms with Gasteiger partial charge in [-0.05, 0) is 63.0 Å². The molecule has 1 aromatic heterocycles. The van der Waals surface area contributed by atoms with Gasteiger partial charge >= 0.3 is 0 Å². The lowest BCUT2D eigenvalue weighted by molar-refractivity contribution is 0.0386. The Bertz CT molecular complexity index is 748. The summed E-state index contributed by atoms with van der Waals surface area (Å²) in [6, 6.07) is 12.3. The molecule has 6 nitrogen and oxygen atoms in total. The van der Waals surface area contributed by atoms with Gasteiger partial charge in [0.2, 0.25) is 0 Å². The summed E-state index contributed by atoms with van der Waals surface area (Å²) in [4.78, 5) is 7.19. The van der Waals surface area contributed by atoms with Gasteiger partial charge in [-0.1, -0.05) is 30.7 Å². The monoisotopic (exact) mass is 398 g/mol. The number of hydrogen-bond donors (Lipinski definition) is 3. The zero-order valence-corrected chi connectivity index (χ0v) is 17.7. The second-order valence-corrected chi connectivity index (χ2v) is 7.95. The van der Waals surface area contributed by atoms with Crippen molar-refractivity contribution in [2.75, 3.05) is 26.2 Å². The number of rotatable bonds is 8. The largest absolute Gasteiger partial charge is 0.466 e. The number of benzene rings is 1. The number of hydrogen-bond acceptors (Lipinski definition) is 4. The number of guanidine groups is 1. The molecule has 2 heterocycles. The maximum atomic E-state index is 10.6. The molecule has 0 radical (unpaired) electrons. The average molecular weight is 399 g/mol. The van der Waals surface area contributed by atoms with Crippen molar-refractivity contribution in [3.63, 3.8) is 0 Å². The molecular weight excluding hydrogens is 364 g/mol. The third-order valence-corrected chi connectivity index (χ3v) is 5.29. The normalized spacial score (nSPS) is 17.7. The van der Waals surface area contributed by atoms with Crippen molar-refractivity contribution < 1.29 is 9.52 Å². The minimum Gasteiger partial charge on any atom is -0.466 e. The van der Waals surface area contributed by atoms with Crippen LogP contribution in [0.15, 0.2) is 52.1 Å². The van der Waals surface area contributed by atoms with E-state index >= 15 is 0 Å². The number of furan rings is 1. The Hall–Kier alpha value is -2.31. The summed E-state index contributed by atoms with van der Waals surface area (Å²) in [5, 5.41) is 17.0. The molecule has 1 aliphatic rings. The molecule has 158 valence electrons. The van der Waals surface area contributed by atoms with E-state index in [1.54, 1.807) is 25.3 Å². The summed E-state index contributed by atoms with van der Waals surface area (Å²) in [6.45, 7) is 8.86. The first-order chi connectivity index (χ1) is 14.1. The van der Waals surface area contributed by atoms with E-state index in [-0.39, 0.29) is 0 Å².